The fraction of sp³-hybridized carbons (Fsp3) is 0.455. The van der Waals surface area contributed by atoms with E-state index in [9.17, 15) is 5.11 Å². The van der Waals surface area contributed by atoms with E-state index in [4.69, 9.17) is 4.42 Å². The van der Waals surface area contributed by atoms with Gasteiger partial charge < -0.3 is 20.2 Å². The summed E-state index contributed by atoms with van der Waals surface area (Å²) in [5.41, 5.74) is 2.59. The van der Waals surface area contributed by atoms with Gasteiger partial charge in [-0.05, 0) is 54.8 Å². The molecule has 0 radical (unpaired) electrons. The highest BCUT2D eigenvalue weighted by atomic mass is 16.3. The van der Waals surface area contributed by atoms with Crippen molar-refractivity contribution in [3.8, 4) is 11.1 Å². The Balaban J connectivity index is 2.47. The molecule has 0 spiro atoms. The van der Waals surface area contributed by atoms with Crippen LogP contribution in [0.25, 0.3) is 23.4 Å². The molecule has 26 heavy (non-hydrogen) atoms. The Hall–Kier alpha value is -2.20. The average Bonchev–Trinajstić information content (AvgIpc) is 3.12. The first-order chi connectivity index (χ1) is 12.3. The number of benzene rings is 1. The van der Waals surface area contributed by atoms with Gasteiger partial charge in [-0.15, -0.1) is 0 Å². The van der Waals surface area contributed by atoms with E-state index < -0.39 is 5.60 Å². The van der Waals surface area contributed by atoms with Gasteiger partial charge in [0.2, 0.25) is 0 Å². The van der Waals surface area contributed by atoms with Crippen LogP contribution in [0.3, 0.4) is 0 Å². The van der Waals surface area contributed by atoms with Crippen LogP contribution in [-0.2, 0) is 0 Å². The van der Waals surface area contributed by atoms with Gasteiger partial charge >= 0.3 is 0 Å². The second kappa shape index (κ2) is 8.95. The van der Waals surface area contributed by atoms with Crippen molar-refractivity contribution in [3.63, 3.8) is 0 Å². The van der Waals surface area contributed by atoms with E-state index in [-0.39, 0.29) is 0 Å². The first-order valence-electron chi connectivity index (χ1n) is 9.36. The summed E-state index contributed by atoms with van der Waals surface area (Å²) in [7, 11) is 1.93. The molecule has 1 aromatic carbocycles. The summed E-state index contributed by atoms with van der Waals surface area (Å²) in [6.07, 6.45) is 9.62. The Morgan fingerprint density at radius 1 is 1.27 bits per heavy atom. The highest BCUT2D eigenvalue weighted by Crippen LogP contribution is 2.25. The van der Waals surface area contributed by atoms with Crippen LogP contribution >= 0.6 is 0 Å². The molecule has 142 valence electrons. The molecule has 0 bridgehead atoms. The molecule has 0 fully saturated rings. The minimum absolute atomic E-state index is 0.496. The highest BCUT2D eigenvalue weighted by Gasteiger charge is 2.10. The van der Waals surface area contributed by atoms with Crippen LogP contribution in [0.4, 0.5) is 5.69 Å². The monoisotopic (exact) mass is 356 g/mol. The van der Waals surface area contributed by atoms with Crippen LogP contribution in [0.5, 0.6) is 0 Å². The van der Waals surface area contributed by atoms with Gasteiger partial charge in [-0.1, -0.05) is 26.3 Å². The highest BCUT2D eigenvalue weighted by molar-refractivity contribution is 5.77. The van der Waals surface area contributed by atoms with Gasteiger partial charge in [0.1, 0.15) is 0 Å². The van der Waals surface area contributed by atoms with Crippen LogP contribution in [0.2, 0.25) is 0 Å². The molecule has 0 aliphatic heterocycles. The summed E-state index contributed by atoms with van der Waals surface area (Å²) in [6.45, 7) is 8.82. The zero-order valence-corrected chi connectivity index (χ0v) is 16.6. The fourth-order valence-corrected chi connectivity index (χ4v) is 2.75. The molecule has 4 heteroatoms. The molecule has 2 rings (SSSR count). The van der Waals surface area contributed by atoms with Crippen molar-refractivity contribution in [2.75, 3.05) is 18.9 Å². The average molecular weight is 357 g/mol. The molecule has 4 nitrogen and oxygen atoms in total. The molecule has 2 aromatic rings. The van der Waals surface area contributed by atoms with Gasteiger partial charge in [0, 0.05) is 36.6 Å². The van der Waals surface area contributed by atoms with Crippen LogP contribution in [0.15, 0.2) is 35.1 Å². The number of aliphatic hydroxyl groups is 1. The number of rotatable bonds is 8. The Labute approximate surface area is 156 Å². The van der Waals surface area contributed by atoms with E-state index in [2.05, 4.69) is 42.7 Å². The molecule has 1 atom stereocenters. The standard InChI is InChI=1S/C22H32N2O2/c1-6-16(2)11-18-12-20(17-7-10-26-15-17)21(23-5)13-19(18)14-24-9-8-22(3,4)25/h7,10-16,23-25H,6,8-9H2,1-5H3/b18-11+,19-14-. The lowest BCUT2D eigenvalue weighted by molar-refractivity contribution is 0.0724. The summed E-state index contributed by atoms with van der Waals surface area (Å²) in [6, 6.07) is 6.36. The topological polar surface area (TPSA) is 57.4 Å². The van der Waals surface area contributed by atoms with Crippen molar-refractivity contribution in [1.29, 1.82) is 0 Å². The Bertz CT molecular complexity index is 802. The van der Waals surface area contributed by atoms with E-state index in [0.29, 0.717) is 12.3 Å². The van der Waals surface area contributed by atoms with Crippen molar-refractivity contribution in [3.05, 3.63) is 41.2 Å². The predicted octanol–water partition coefficient (Wildman–Crippen LogP) is 3.30. The van der Waals surface area contributed by atoms with Crippen molar-refractivity contribution >= 4 is 18.0 Å². The van der Waals surface area contributed by atoms with E-state index in [1.54, 1.807) is 12.5 Å². The second-order valence-electron chi connectivity index (χ2n) is 7.50. The Kier molecular flexibility index (Phi) is 6.92. The van der Waals surface area contributed by atoms with Gasteiger partial charge in [-0.25, -0.2) is 0 Å². The fourth-order valence-electron chi connectivity index (χ4n) is 2.75. The lowest BCUT2D eigenvalue weighted by Crippen LogP contribution is -2.31. The Morgan fingerprint density at radius 2 is 2.04 bits per heavy atom. The van der Waals surface area contributed by atoms with E-state index >= 15 is 0 Å². The number of furan rings is 1. The predicted molar refractivity (Wildman–Crippen MR) is 110 cm³/mol. The van der Waals surface area contributed by atoms with Crippen molar-refractivity contribution < 1.29 is 9.52 Å². The van der Waals surface area contributed by atoms with Gasteiger partial charge in [0.05, 0.1) is 18.1 Å². The molecule has 0 aliphatic carbocycles. The van der Waals surface area contributed by atoms with Crippen molar-refractivity contribution in [1.82, 2.24) is 5.32 Å². The molecule has 0 amide bonds. The molecule has 1 unspecified atom stereocenters. The van der Waals surface area contributed by atoms with Gasteiger partial charge in [-0.3, -0.25) is 0 Å². The SMILES string of the molecule is CCC(C)/C=c1\cc(-c2ccoc2)c(NC)c\c1=C\NCCC(C)(C)O. The molecule has 1 aromatic heterocycles. The minimum atomic E-state index is -0.659. The van der Waals surface area contributed by atoms with E-state index in [0.717, 1.165) is 35.0 Å². The van der Waals surface area contributed by atoms with Gasteiger partial charge in [-0.2, -0.15) is 0 Å². The third-order valence-corrected chi connectivity index (χ3v) is 4.57. The van der Waals surface area contributed by atoms with Crippen LogP contribution in [0, 0.1) is 5.92 Å². The third kappa shape index (κ3) is 5.67. The maximum absolute atomic E-state index is 9.87. The quantitative estimate of drug-likeness (QED) is 0.635. The number of hydrogen-bond donors (Lipinski definition) is 3. The molecule has 0 saturated heterocycles. The van der Waals surface area contributed by atoms with E-state index in [1.165, 1.54) is 5.22 Å². The zero-order valence-electron chi connectivity index (χ0n) is 16.6. The van der Waals surface area contributed by atoms with Crippen molar-refractivity contribution in [2.45, 2.75) is 46.1 Å². The Morgan fingerprint density at radius 3 is 2.62 bits per heavy atom. The molecule has 0 saturated carbocycles. The number of nitrogens with one attached hydrogen (secondary N) is 2. The lowest BCUT2D eigenvalue weighted by atomic mass is 10.0. The molecular weight excluding hydrogens is 324 g/mol. The summed E-state index contributed by atoms with van der Waals surface area (Å²) in [5, 5.41) is 18.8. The van der Waals surface area contributed by atoms with Crippen molar-refractivity contribution in [2.24, 2.45) is 5.92 Å². The summed E-state index contributed by atoms with van der Waals surface area (Å²) < 4.78 is 5.27. The van der Waals surface area contributed by atoms with E-state index in [1.807, 2.05) is 33.2 Å². The second-order valence-corrected chi connectivity index (χ2v) is 7.50. The largest absolute Gasteiger partial charge is 0.472 e. The molecule has 1 heterocycles. The lowest BCUT2D eigenvalue weighted by Gasteiger charge is -2.16. The van der Waals surface area contributed by atoms with Gasteiger partial charge in [0.25, 0.3) is 0 Å². The van der Waals surface area contributed by atoms with Crippen LogP contribution in [0.1, 0.15) is 40.5 Å². The first-order valence-corrected chi connectivity index (χ1v) is 9.36. The summed E-state index contributed by atoms with van der Waals surface area (Å²) in [4.78, 5) is 0. The smallest absolute Gasteiger partial charge is 0.0981 e. The van der Waals surface area contributed by atoms with Crippen LogP contribution < -0.4 is 21.1 Å². The number of hydrogen-bond acceptors (Lipinski definition) is 4. The zero-order chi connectivity index (χ0) is 19.2. The minimum Gasteiger partial charge on any atom is -0.472 e. The van der Waals surface area contributed by atoms with Gasteiger partial charge in [0.15, 0.2) is 0 Å². The molecule has 0 aliphatic rings. The summed E-state index contributed by atoms with van der Waals surface area (Å²) in [5.74, 6) is 0.496. The number of anilines is 1. The maximum Gasteiger partial charge on any atom is 0.0981 e. The maximum atomic E-state index is 9.87. The normalized spacial score (nSPS) is 14.5. The summed E-state index contributed by atoms with van der Waals surface area (Å²) >= 11 is 0. The van der Waals surface area contributed by atoms with Crippen LogP contribution in [-0.4, -0.2) is 24.3 Å². The first kappa shape index (κ1) is 20.1. The molecule has 3 N–H and O–H groups in total. The molecular formula is C22H32N2O2. The third-order valence-electron chi connectivity index (χ3n) is 4.57.